The summed E-state index contributed by atoms with van der Waals surface area (Å²) in [5.74, 6) is 1.76. The minimum Gasteiger partial charge on any atom is -0.378 e. The number of hydrogen-bond acceptors (Lipinski definition) is 2. The molecule has 0 radical (unpaired) electrons. The molecule has 0 amide bonds. The molecule has 94 valence electrons. The van der Waals surface area contributed by atoms with E-state index in [9.17, 15) is 4.79 Å². The quantitative estimate of drug-likeness (QED) is 0.400. The van der Waals surface area contributed by atoms with Gasteiger partial charge in [0.15, 0.2) is 5.78 Å². The van der Waals surface area contributed by atoms with E-state index in [-0.39, 0.29) is 5.78 Å². The van der Waals surface area contributed by atoms with Gasteiger partial charge in [0.2, 0.25) is 0 Å². The van der Waals surface area contributed by atoms with Crippen molar-refractivity contribution >= 4 is 5.78 Å². The van der Waals surface area contributed by atoms with Crippen molar-refractivity contribution in [3.8, 4) is 0 Å². The summed E-state index contributed by atoms with van der Waals surface area (Å²) in [6.45, 7) is 4.19. The van der Waals surface area contributed by atoms with Crippen LogP contribution in [0.2, 0.25) is 0 Å². The maximum absolute atomic E-state index is 11.0. The Labute approximate surface area is 104 Å². The predicted molar refractivity (Wildman–Crippen MR) is 68.8 cm³/mol. The fourth-order valence-corrected chi connectivity index (χ4v) is 2.95. The van der Waals surface area contributed by atoms with Crippen LogP contribution in [0.25, 0.3) is 0 Å². The molecule has 0 aromatic heterocycles. The van der Waals surface area contributed by atoms with Crippen molar-refractivity contribution in [1.29, 1.82) is 0 Å². The van der Waals surface area contributed by atoms with Crippen LogP contribution in [0.5, 0.6) is 0 Å². The predicted octanol–water partition coefficient (Wildman–Crippen LogP) is 3.28. The van der Waals surface area contributed by atoms with E-state index >= 15 is 0 Å². The van der Waals surface area contributed by atoms with Crippen LogP contribution < -0.4 is 0 Å². The van der Waals surface area contributed by atoms with Gasteiger partial charge in [-0.05, 0) is 50.0 Å². The molecule has 2 aliphatic carbocycles. The number of ketones is 1. The van der Waals surface area contributed by atoms with Crippen molar-refractivity contribution < 1.29 is 9.53 Å². The molecule has 2 rings (SSSR count). The maximum atomic E-state index is 11.0. The van der Waals surface area contributed by atoms with Gasteiger partial charge in [-0.3, -0.25) is 4.79 Å². The molecule has 3 unspecified atom stereocenters. The third-order valence-corrected chi connectivity index (χ3v) is 3.96. The molecule has 1 saturated carbocycles. The minimum absolute atomic E-state index is 0.123. The molecule has 0 aromatic carbocycles. The van der Waals surface area contributed by atoms with Gasteiger partial charge in [-0.2, -0.15) is 0 Å². The Hall–Kier alpha value is -0.890. The lowest BCUT2D eigenvalue weighted by Gasteiger charge is -2.31. The lowest BCUT2D eigenvalue weighted by molar-refractivity contribution is -0.115. The van der Waals surface area contributed by atoms with Crippen molar-refractivity contribution in [2.75, 3.05) is 6.61 Å². The summed E-state index contributed by atoms with van der Waals surface area (Å²) in [5, 5.41) is 0. The summed E-state index contributed by atoms with van der Waals surface area (Å²) in [7, 11) is 0. The first-order chi connectivity index (χ1) is 8.29. The molecule has 2 heteroatoms. The highest BCUT2D eigenvalue weighted by molar-refractivity contribution is 5.88. The largest absolute Gasteiger partial charge is 0.378 e. The molecule has 0 bridgehead atoms. The fraction of sp³-hybridized carbons (Fsp3) is 0.667. The molecule has 17 heavy (non-hydrogen) atoms. The average Bonchev–Trinajstić information content (AvgIpc) is 2.81. The number of rotatable bonds is 6. The highest BCUT2D eigenvalue weighted by Gasteiger charge is 2.31. The maximum Gasteiger partial charge on any atom is 0.155 e. The summed E-state index contributed by atoms with van der Waals surface area (Å²) in [6, 6.07) is 0. The molecule has 0 heterocycles. The van der Waals surface area contributed by atoms with Crippen molar-refractivity contribution in [2.45, 2.75) is 44.6 Å². The van der Waals surface area contributed by atoms with E-state index in [1.807, 2.05) is 0 Å². The third-order valence-electron chi connectivity index (χ3n) is 3.96. The van der Waals surface area contributed by atoms with Gasteiger partial charge in [0.25, 0.3) is 0 Å². The smallest absolute Gasteiger partial charge is 0.155 e. The second-order valence-corrected chi connectivity index (χ2v) is 5.17. The first-order valence-electron chi connectivity index (χ1n) is 6.73. The Balaban J connectivity index is 1.61. The van der Waals surface area contributed by atoms with Gasteiger partial charge in [-0.25, -0.2) is 0 Å². The van der Waals surface area contributed by atoms with Gasteiger partial charge in [0.05, 0.1) is 6.10 Å². The first-order valence-corrected chi connectivity index (χ1v) is 6.73. The lowest BCUT2D eigenvalue weighted by atomic mass is 9.80. The highest BCUT2D eigenvalue weighted by Crippen LogP contribution is 2.38. The van der Waals surface area contributed by atoms with Gasteiger partial charge in [-0.15, -0.1) is 0 Å². The van der Waals surface area contributed by atoms with Crippen molar-refractivity contribution in [2.24, 2.45) is 11.8 Å². The molecule has 3 atom stereocenters. The second-order valence-electron chi connectivity index (χ2n) is 5.17. The molecule has 0 aliphatic heterocycles. The molecular weight excluding hydrogens is 212 g/mol. The lowest BCUT2D eigenvalue weighted by Crippen LogP contribution is -2.27. The Morgan fingerprint density at radius 2 is 2.35 bits per heavy atom. The van der Waals surface area contributed by atoms with Crippen molar-refractivity contribution in [3.63, 3.8) is 0 Å². The molecule has 0 spiro atoms. The first kappa shape index (κ1) is 12.6. The summed E-state index contributed by atoms with van der Waals surface area (Å²) >= 11 is 0. The van der Waals surface area contributed by atoms with Crippen LogP contribution >= 0.6 is 0 Å². The van der Waals surface area contributed by atoms with Crippen molar-refractivity contribution in [1.82, 2.24) is 0 Å². The van der Waals surface area contributed by atoms with E-state index in [2.05, 4.69) is 18.7 Å². The number of ether oxygens (including phenoxy) is 1. The van der Waals surface area contributed by atoms with Gasteiger partial charge in [0.1, 0.15) is 0 Å². The van der Waals surface area contributed by atoms with Crippen molar-refractivity contribution in [3.05, 3.63) is 24.8 Å². The molecule has 0 aromatic rings. The van der Waals surface area contributed by atoms with Crippen LogP contribution in [-0.2, 0) is 9.53 Å². The van der Waals surface area contributed by atoms with Gasteiger partial charge in [0, 0.05) is 13.0 Å². The zero-order valence-corrected chi connectivity index (χ0v) is 10.4. The summed E-state index contributed by atoms with van der Waals surface area (Å²) in [5.41, 5.74) is 0. The molecule has 0 saturated heterocycles. The van der Waals surface area contributed by atoms with E-state index in [0.717, 1.165) is 24.9 Å². The van der Waals surface area contributed by atoms with Crippen LogP contribution in [0.1, 0.15) is 38.5 Å². The molecule has 0 N–H and O–H groups in total. The summed E-state index contributed by atoms with van der Waals surface area (Å²) < 4.78 is 5.87. The summed E-state index contributed by atoms with van der Waals surface area (Å²) in [4.78, 5) is 11.0. The zero-order chi connectivity index (χ0) is 12.1. The molecule has 2 nitrogen and oxygen atoms in total. The van der Waals surface area contributed by atoms with Gasteiger partial charge >= 0.3 is 0 Å². The van der Waals surface area contributed by atoms with E-state index in [1.165, 1.54) is 31.8 Å². The molecular formula is C15H22O2. The number of fused-ring (bicyclic) bond motifs is 1. The van der Waals surface area contributed by atoms with Crippen LogP contribution in [0.4, 0.5) is 0 Å². The third kappa shape index (κ3) is 3.53. The van der Waals surface area contributed by atoms with Crippen LogP contribution in [-0.4, -0.2) is 18.5 Å². The monoisotopic (exact) mass is 234 g/mol. The van der Waals surface area contributed by atoms with Crippen LogP contribution in [0, 0.1) is 11.8 Å². The Morgan fingerprint density at radius 3 is 3.18 bits per heavy atom. The number of carbonyl (C=O) groups is 1. The highest BCUT2D eigenvalue weighted by atomic mass is 16.5. The Morgan fingerprint density at radius 1 is 1.47 bits per heavy atom. The fourth-order valence-electron chi connectivity index (χ4n) is 2.95. The minimum atomic E-state index is 0.123. The van der Waals surface area contributed by atoms with E-state index < -0.39 is 0 Å². The molecule has 2 aliphatic rings. The normalized spacial score (nSPS) is 31.2. The Bertz CT molecular complexity index is 306. The number of allylic oxidation sites excluding steroid dienone is 3. The Kier molecular flexibility index (Phi) is 4.55. The SMILES string of the molecule is C=CC(=O)CCCOC1CCC2C=CCC2C1. The van der Waals surface area contributed by atoms with E-state index in [4.69, 9.17) is 4.74 Å². The van der Waals surface area contributed by atoms with Crippen LogP contribution in [0.3, 0.4) is 0 Å². The summed E-state index contributed by atoms with van der Waals surface area (Å²) in [6.07, 6.45) is 12.8. The average molecular weight is 234 g/mol. The molecule has 1 fully saturated rings. The zero-order valence-electron chi connectivity index (χ0n) is 10.4. The number of carbonyl (C=O) groups excluding carboxylic acids is 1. The van der Waals surface area contributed by atoms with E-state index in [0.29, 0.717) is 12.5 Å². The van der Waals surface area contributed by atoms with Gasteiger partial charge in [-0.1, -0.05) is 18.7 Å². The number of hydrogen-bond donors (Lipinski definition) is 0. The second kappa shape index (κ2) is 6.15. The topological polar surface area (TPSA) is 26.3 Å². The van der Waals surface area contributed by atoms with E-state index in [1.54, 1.807) is 0 Å². The standard InChI is InChI=1S/C15H22O2/c1-2-14(16)7-4-10-17-15-9-8-12-5-3-6-13(12)11-15/h2-3,5,12-13,15H,1,4,6-11H2. The van der Waals surface area contributed by atoms with Crippen LogP contribution in [0.15, 0.2) is 24.8 Å². The van der Waals surface area contributed by atoms with Gasteiger partial charge < -0.3 is 4.74 Å².